The molecule has 0 amide bonds. The summed E-state index contributed by atoms with van der Waals surface area (Å²) in [5.74, 6) is -0.112. The molecular formula is C11H12Cl2F3NOS. The van der Waals surface area contributed by atoms with Gasteiger partial charge in [0.05, 0.1) is 6.10 Å². The van der Waals surface area contributed by atoms with E-state index in [4.69, 9.17) is 23.2 Å². The quantitative estimate of drug-likeness (QED) is 0.775. The zero-order valence-corrected chi connectivity index (χ0v) is 12.0. The van der Waals surface area contributed by atoms with Crippen molar-refractivity contribution in [2.24, 2.45) is 0 Å². The van der Waals surface area contributed by atoms with Crippen LogP contribution in [-0.4, -0.2) is 29.5 Å². The molecule has 0 aliphatic rings. The number of hydrogen-bond donors (Lipinski definition) is 2. The molecule has 0 aliphatic heterocycles. The minimum Gasteiger partial charge on any atom is -0.387 e. The van der Waals surface area contributed by atoms with Crippen LogP contribution in [0.15, 0.2) is 18.2 Å². The van der Waals surface area contributed by atoms with Gasteiger partial charge < -0.3 is 10.4 Å². The summed E-state index contributed by atoms with van der Waals surface area (Å²) in [6.07, 6.45) is -0.915. The molecule has 0 saturated carbocycles. The molecule has 0 radical (unpaired) electrons. The van der Waals surface area contributed by atoms with Gasteiger partial charge in [-0.3, -0.25) is 0 Å². The standard InChI is InChI=1S/C11H12Cl2F3NOS/c12-7-1-2-9(13)8(5-7)10(18)6-17-3-4-19-11(14,15)16/h1-2,5,10,17-18H,3-4,6H2. The number of alkyl halides is 3. The summed E-state index contributed by atoms with van der Waals surface area (Å²) >= 11 is 11.6. The van der Waals surface area contributed by atoms with Crippen molar-refractivity contribution < 1.29 is 18.3 Å². The third-order valence-electron chi connectivity index (χ3n) is 2.20. The molecule has 0 fully saturated rings. The summed E-state index contributed by atoms with van der Waals surface area (Å²) in [6.45, 7) is 0.248. The highest BCUT2D eigenvalue weighted by Crippen LogP contribution is 2.29. The van der Waals surface area contributed by atoms with E-state index in [1.807, 2.05) is 0 Å². The Morgan fingerprint density at radius 3 is 2.63 bits per heavy atom. The molecule has 1 unspecified atom stereocenters. The van der Waals surface area contributed by atoms with Crippen LogP contribution in [-0.2, 0) is 0 Å². The maximum atomic E-state index is 11.9. The van der Waals surface area contributed by atoms with Gasteiger partial charge in [-0.15, -0.1) is 0 Å². The normalized spacial score (nSPS) is 13.6. The van der Waals surface area contributed by atoms with Gasteiger partial charge in [-0.05, 0) is 30.0 Å². The Labute approximate surface area is 123 Å². The van der Waals surface area contributed by atoms with Crippen molar-refractivity contribution in [3.8, 4) is 0 Å². The van der Waals surface area contributed by atoms with E-state index in [0.717, 1.165) is 0 Å². The molecule has 2 N–H and O–H groups in total. The van der Waals surface area contributed by atoms with Crippen LogP contribution in [0.2, 0.25) is 10.0 Å². The molecular weight excluding hydrogens is 322 g/mol. The Bertz CT molecular complexity index is 417. The van der Waals surface area contributed by atoms with E-state index in [1.54, 1.807) is 12.1 Å². The van der Waals surface area contributed by atoms with Gasteiger partial charge in [-0.1, -0.05) is 23.2 Å². The summed E-state index contributed by atoms with van der Waals surface area (Å²) in [4.78, 5) is 0. The first-order valence-corrected chi connectivity index (χ1v) is 7.08. The van der Waals surface area contributed by atoms with Crippen molar-refractivity contribution in [1.29, 1.82) is 0 Å². The Balaban J connectivity index is 2.35. The largest absolute Gasteiger partial charge is 0.441 e. The summed E-state index contributed by atoms with van der Waals surface area (Å²) in [7, 11) is 0. The number of benzene rings is 1. The van der Waals surface area contributed by atoms with Crippen molar-refractivity contribution in [1.82, 2.24) is 5.32 Å². The zero-order chi connectivity index (χ0) is 14.5. The van der Waals surface area contributed by atoms with Crippen molar-refractivity contribution in [2.45, 2.75) is 11.6 Å². The minimum absolute atomic E-state index is 0.105. The Morgan fingerprint density at radius 2 is 2.00 bits per heavy atom. The number of aliphatic hydroxyl groups excluding tert-OH is 1. The molecule has 108 valence electrons. The molecule has 2 nitrogen and oxygen atoms in total. The number of thioether (sulfide) groups is 1. The highest BCUT2D eigenvalue weighted by atomic mass is 35.5. The topological polar surface area (TPSA) is 32.3 Å². The van der Waals surface area contributed by atoms with Crippen LogP contribution in [0.3, 0.4) is 0 Å². The summed E-state index contributed by atoms with van der Waals surface area (Å²) < 4.78 is 35.6. The fourth-order valence-corrected chi connectivity index (χ4v) is 2.26. The van der Waals surface area contributed by atoms with Gasteiger partial charge >= 0.3 is 5.51 Å². The third kappa shape index (κ3) is 6.72. The molecule has 0 heterocycles. The van der Waals surface area contributed by atoms with Crippen LogP contribution >= 0.6 is 35.0 Å². The Hall–Kier alpha value is -0.140. The zero-order valence-electron chi connectivity index (χ0n) is 9.68. The van der Waals surface area contributed by atoms with E-state index in [2.05, 4.69) is 5.32 Å². The van der Waals surface area contributed by atoms with E-state index >= 15 is 0 Å². The second kappa shape index (κ2) is 7.59. The summed E-state index contributed by atoms with van der Waals surface area (Å²) in [5, 5.41) is 13.4. The highest BCUT2D eigenvalue weighted by molar-refractivity contribution is 8.00. The van der Waals surface area contributed by atoms with Crippen LogP contribution < -0.4 is 5.32 Å². The molecule has 0 aliphatic carbocycles. The molecule has 0 spiro atoms. The fraction of sp³-hybridized carbons (Fsp3) is 0.455. The highest BCUT2D eigenvalue weighted by Gasteiger charge is 2.27. The van der Waals surface area contributed by atoms with E-state index in [9.17, 15) is 18.3 Å². The maximum absolute atomic E-state index is 11.9. The summed E-state index contributed by atoms with van der Waals surface area (Å²) in [5.41, 5.74) is -3.78. The molecule has 0 aromatic heterocycles. The lowest BCUT2D eigenvalue weighted by Crippen LogP contribution is -2.24. The average Bonchev–Trinajstić information content (AvgIpc) is 2.30. The molecule has 0 bridgehead atoms. The van der Waals surface area contributed by atoms with Crippen molar-refractivity contribution in [3.63, 3.8) is 0 Å². The van der Waals surface area contributed by atoms with Crippen molar-refractivity contribution >= 4 is 35.0 Å². The first kappa shape index (κ1) is 16.9. The van der Waals surface area contributed by atoms with Crippen LogP contribution in [0.25, 0.3) is 0 Å². The molecule has 1 atom stereocenters. The second-order valence-corrected chi connectivity index (χ2v) is 5.68. The summed E-state index contributed by atoms with van der Waals surface area (Å²) in [6, 6.07) is 4.68. The number of nitrogens with one attached hydrogen (secondary N) is 1. The van der Waals surface area contributed by atoms with E-state index < -0.39 is 11.6 Å². The van der Waals surface area contributed by atoms with Gasteiger partial charge in [0, 0.05) is 34.5 Å². The van der Waals surface area contributed by atoms with Gasteiger partial charge in [0.2, 0.25) is 0 Å². The number of halogens is 5. The minimum atomic E-state index is -4.23. The van der Waals surface area contributed by atoms with E-state index in [0.29, 0.717) is 15.6 Å². The Morgan fingerprint density at radius 1 is 1.32 bits per heavy atom. The monoisotopic (exact) mass is 333 g/mol. The molecule has 8 heteroatoms. The van der Waals surface area contributed by atoms with Gasteiger partial charge in [0.15, 0.2) is 0 Å². The van der Waals surface area contributed by atoms with Crippen molar-refractivity contribution in [2.75, 3.05) is 18.8 Å². The molecule has 1 aromatic rings. The van der Waals surface area contributed by atoms with Crippen molar-refractivity contribution in [3.05, 3.63) is 33.8 Å². The maximum Gasteiger partial charge on any atom is 0.441 e. The third-order valence-corrected chi connectivity index (χ3v) is 3.51. The molecule has 19 heavy (non-hydrogen) atoms. The number of hydrogen-bond acceptors (Lipinski definition) is 3. The van der Waals surface area contributed by atoms with E-state index in [-0.39, 0.29) is 30.6 Å². The van der Waals surface area contributed by atoms with Gasteiger partial charge in [-0.2, -0.15) is 13.2 Å². The molecule has 1 aromatic carbocycles. The SMILES string of the molecule is OC(CNCCSC(F)(F)F)c1cc(Cl)ccc1Cl. The number of aliphatic hydroxyl groups is 1. The molecule has 0 saturated heterocycles. The second-order valence-electron chi connectivity index (χ2n) is 3.68. The first-order chi connectivity index (χ1) is 8.79. The predicted octanol–water partition coefficient (Wildman–Crippen LogP) is 3.87. The lowest BCUT2D eigenvalue weighted by atomic mass is 10.1. The van der Waals surface area contributed by atoms with Gasteiger partial charge in [0.25, 0.3) is 0 Å². The van der Waals surface area contributed by atoms with Crippen LogP contribution in [0.5, 0.6) is 0 Å². The fourth-order valence-electron chi connectivity index (χ4n) is 1.36. The van der Waals surface area contributed by atoms with E-state index in [1.165, 1.54) is 6.07 Å². The van der Waals surface area contributed by atoms with Gasteiger partial charge in [-0.25, -0.2) is 0 Å². The first-order valence-electron chi connectivity index (χ1n) is 5.34. The lowest BCUT2D eigenvalue weighted by Gasteiger charge is -2.14. The van der Waals surface area contributed by atoms with Crippen LogP contribution in [0.4, 0.5) is 13.2 Å². The van der Waals surface area contributed by atoms with Crippen LogP contribution in [0.1, 0.15) is 11.7 Å². The van der Waals surface area contributed by atoms with Crippen LogP contribution in [0, 0.1) is 0 Å². The predicted molar refractivity (Wildman–Crippen MR) is 72.8 cm³/mol. The molecule has 1 rings (SSSR count). The Kier molecular flexibility index (Phi) is 6.76. The smallest absolute Gasteiger partial charge is 0.387 e. The average molecular weight is 334 g/mol. The van der Waals surface area contributed by atoms with Gasteiger partial charge in [0.1, 0.15) is 0 Å². The lowest BCUT2D eigenvalue weighted by molar-refractivity contribution is -0.0327. The number of rotatable bonds is 6.